The number of H-pyrrole nitrogens is 1. The first-order valence-electron chi connectivity index (χ1n) is 8.10. The Balaban J connectivity index is 1.36. The SMILES string of the molecule is CN(c1ncnc2[nH]ccc12)C1CC(NS(=O)(=O)CC2COC2)C1. The molecule has 0 radical (unpaired) electrons. The van der Waals surface area contributed by atoms with Crippen LogP contribution in [0, 0.1) is 5.92 Å². The van der Waals surface area contributed by atoms with Gasteiger partial charge in [-0.05, 0) is 18.9 Å². The first-order chi connectivity index (χ1) is 11.5. The molecule has 1 saturated heterocycles. The second kappa shape index (κ2) is 5.98. The van der Waals surface area contributed by atoms with Crippen molar-refractivity contribution in [1.82, 2.24) is 19.7 Å². The molecule has 130 valence electrons. The molecule has 4 rings (SSSR count). The zero-order valence-electron chi connectivity index (χ0n) is 13.5. The van der Waals surface area contributed by atoms with Crippen molar-refractivity contribution >= 4 is 26.9 Å². The summed E-state index contributed by atoms with van der Waals surface area (Å²) < 4.78 is 32.1. The van der Waals surface area contributed by atoms with Gasteiger partial charge in [0.2, 0.25) is 10.0 Å². The summed E-state index contributed by atoms with van der Waals surface area (Å²) in [5, 5.41) is 0.981. The van der Waals surface area contributed by atoms with Crippen LogP contribution in [0.5, 0.6) is 0 Å². The Morgan fingerprint density at radius 2 is 2.17 bits per heavy atom. The van der Waals surface area contributed by atoms with Gasteiger partial charge in [0.15, 0.2) is 0 Å². The van der Waals surface area contributed by atoms with Crippen molar-refractivity contribution in [2.24, 2.45) is 5.92 Å². The standard InChI is InChI=1S/C15H21N5O3S/c1-20(15-13-2-3-16-14(13)17-9-18-15)12-4-11(5-12)19-24(21,22)8-10-6-23-7-10/h2-3,9-12,19H,4-8H2,1H3,(H,16,17,18). The van der Waals surface area contributed by atoms with Crippen LogP contribution in [0.3, 0.4) is 0 Å². The van der Waals surface area contributed by atoms with Crippen LogP contribution in [0.4, 0.5) is 5.82 Å². The van der Waals surface area contributed by atoms with Crippen molar-refractivity contribution in [1.29, 1.82) is 0 Å². The molecule has 0 aromatic carbocycles. The minimum absolute atomic E-state index is 0.00648. The number of hydrogen-bond acceptors (Lipinski definition) is 6. The predicted octanol–water partition coefficient (Wildman–Crippen LogP) is 0.491. The maximum atomic E-state index is 12.1. The lowest BCUT2D eigenvalue weighted by Gasteiger charge is -2.42. The fourth-order valence-electron chi connectivity index (χ4n) is 3.31. The van der Waals surface area contributed by atoms with Crippen LogP contribution >= 0.6 is 0 Å². The molecule has 1 saturated carbocycles. The van der Waals surface area contributed by atoms with Crippen molar-refractivity contribution in [2.45, 2.75) is 24.9 Å². The van der Waals surface area contributed by atoms with Gasteiger partial charge in [0.25, 0.3) is 0 Å². The number of rotatable bonds is 6. The number of aromatic nitrogens is 3. The summed E-state index contributed by atoms with van der Waals surface area (Å²) in [6.45, 7) is 1.11. The van der Waals surface area contributed by atoms with Crippen LogP contribution in [0.15, 0.2) is 18.6 Å². The zero-order chi connectivity index (χ0) is 16.7. The number of nitrogens with zero attached hydrogens (tertiary/aromatic N) is 3. The third-order valence-corrected chi connectivity index (χ3v) is 6.44. The van der Waals surface area contributed by atoms with Gasteiger partial charge in [-0.15, -0.1) is 0 Å². The molecule has 0 atom stereocenters. The summed E-state index contributed by atoms with van der Waals surface area (Å²) in [6.07, 6.45) is 4.96. The van der Waals surface area contributed by atoms with Crippen LogP contribution in [0.25, 0.3) is 11.0 Å². The largest absolute Gasteiger partial charge is 0.381 e. The van der Waals surface area contributed by atoms with Gasteiger partial charge >= 0.3 is 0 Å². The topological polar surface area (TPSA) is 100 Å². The van der Waals surface area contributed by atoms with E-state index in [-0.39, 0.29) is 23.8 Å². The molecular formula is C15H21N5O3S. The maximum Gasteiger partial charge on any atom is 0.212 e. The molecule has 2 fully saturated rings. The summed E-state index contributed by atoms with van der Waals surface area (Å²) in [7, 11) is -1.22. The zero-order valence-corrected chi connectivity index (χ0v) is 14.3. The molecule has 1 aliphatic heterocycles. The third kappa shape index (κ3) is 2.99. The van der Waals surface area contributed by atoms with Crippen LogP contribution in [-0.4, -0.2) is 61.5 Å². The lowest BCUT2D eigenvalue weighted by atomic mass is 9.86. The highest BCUT2D eigenvalue weighted by Gasteiger charge is 2.36. The van der Waals surface area contributed by atoms with Gasteiger partial charge in [-0.25, -0.2) is 23.1 Å². The summed E-state index contributed by atoms with van der Waals surface area (Å²) in [6, 6.07) is 2.24. The summed E-state index contributed by atoms with van der Waals surface area (Å²) in [5.41, 5.74) is 0.811. The van der Waals surface area contributed by atoms with E-state index >= 15 is 0 Å². The van der Waals surface area contributed by atoms with Gasteiger partial charge in [-0.1, -0.05) is 0 Å². The van der Waals surface area contributed by atoms with Crippen LogP contribution in [0.1, 0.15) is 12.8 Å². The van der Waals surface area contributed by atoms with Crippen molar-refractivity contribution in [2.75, 3.05) is 30.9 Å². The van der Waals surface area contributed by atoms with E-state index in [9.17, 15) is 8.42 Å². The molecule has 3 heterocycles. The summed E-state index contributed by atoms with van der Waals surface area (Å²) in [4.78, 5) is 13.8. The molecule has 0 unspecified atom stereocenters. The normalized spacial score (nSPS) is 24.5. The lowest BCUT2D eigenvalue weighted by Crippen LogP contribution is -2.54. The molecule has 0 spiro atoms. The molecular weight excluding hydrogens is 330 g/mol. The Kier molecular flexibility index (Phi) is 3.93. The molecule has 9 heteroatoms. The number of anilines is 1. The molecule has 2 aromatic rings. The second-order valence-electron chi connectivity index (χ2n) is 6.67. The Morgan fingerprint density at radius 1 is 1.38 bits per heavy atom. The van der Waals surface area contributed by atoms with Gasteiger partial charge in [-0.3, -0.25) is 0 Å². The van der Waals surface area contributed by atoms with E-state index in [2.05, 4.69) is 24.6 Å². The molecule has 2 aromatic heterocycles. The molecule has 2 aliphatic rings. The van der Waals surface area contributed by atoms with Gasteiger partial charge in [0, 0.05) is 31.2 Å². The number of nitrogens with one attached hydrogen (secondary N) is 2. The Morgan fingerprint density at radius 3 is 2.88 bits per heavy atom. The molecule has 1 aliphatic carbocycles. The highest BCUT2D eigenvalue weighted by atomic mass is 32.2. The monoisotopic (exact) mass is 351 g/mol. The van der Waals surface area contributed by atoms with E-state index in [1.165, 1.54) is 0 Å². The molecule has 0 amide bonds. The quantitative estimate of drug-likeness (QED) is 0.786. The molecule has 2 N–H and O–H groups in total. The Labute approximate surface area is 140 Å². The lowest BCUT2D eigenvalue weighted by molar-refractivity contribution is -0.0205. The molecule has 0 bridgehead atoms. The van der Waals surface area contributed by atoms with E-state index < -0.39 is 10.0 Å². The average Bonchev–Trinajstić information content (AvgIpc) is 2.94. The smallest absolute Gasteiger partial charge is 0.212 e. The van der Waals surface area contributed by atoms with E-state index in [0.717, 1.165) is 29.7 Å². The van der Waals surface area contributed by atoms with E-state index in [4.69, 9.17) is 4.74 Å². The first kappa shape index (κ1) is 15.8. The van der Waals surface area contributed by atoms with E-state index in [1.807, 2.05) is 19.3 Å². The minimum Gasteiger partial charge on any atom is -0.381 e. The number of ether oxygens (including phenoxy) is 1. The average molecular weight is 351 g/mol. The Bertz CT molecular complexity index is 827. The number of sulfonamides is 1. The Hall–Kier alpha value is -1.71. The van der Waals surface area contributed by atoms with Crippen molar-refractivity contribution in [3.8, 4) is 0 Å². The number of aromatic amines is 1. The van der Waals surface area contributed by atoms with E-state index in [1.54, 1.807) is 6.33 Å². The van der Waals surface area contributed by atoms with Crippen LogP contribution < -0.4 is 9.62 Å². The van der Waals surface area contributed by atoms with Crippen LogP contribution in [-0.2, 0) is 14.8 Å². The van der Waals surface area contributed by atoms with Crippen molar-refractivity contribution < 1.29 is 13.2 Å². The summed E-state index contributed by atoms with van der Waals surface area (Å²) in [5.74, 6) is 1.18. The first-order valence-corrected chi connectivity index (χ1v) is 9.76. The van der Waals surface area contributed by atoms with Gasteiger partial charge in [0.1, 0.15) is 17.8 Å². The van der Waals surface area contributed by atoms with Gasteiger partial charge in [-0.2, -0.15) is 0 Å². The van der Waals surface area contributed by atoms with Crippen molar-refractivity contribution in [3.05, 3.63) is 18.6 Å². The fraction of sp³-hybridized carbons (Fsp3) is 0.600. The highest BCUT2D eigenvalue weighted by molar-refractivity contribution is 7.89. The third-order valence-electron chi connectivity index (χ3n) is 4.84. The number of hydrogen-bond donors (Lipinski definition) is 2. The summed E-state index contributed by atoms with van der Waals surface area (Å²) >= 11 is 0. The second-order valence-corrected chi connectivity index (χ2v) is 8.47. The fourth-order valence-corrected chi connectivity index (χ4v) is 4.92. The van der Waals surface area contributed by atoms with Gasteiger partial charge in [0.05, 0.1) is 24.4 Å². The predicted molar refractivity (Wildman–Crippen MR) is 90.3 cm³/mol. The highest BCUT2D eigenvalue weighted by Crippen LogP contribution is 2.31. The minimum atomic E-state index is -3.22. The molecule has 8 nitrogen and oxygen atoms in total. The molecule has 24 heavy (non-hydrogen) atoms. The van der Waals surface area contributed by atoms with Crippen LogP contribution in [0.2, 0.25) is 0 Å². The van der Waals surface area contributed by atoms with Crippen molar-refractivity contribution in [3.63, 3.8) is 0 Å². The number of fused-ring (bicyclic) bond motifs is 1. The van der Waals surface area contributed by atoms with Gasteiger partial charge < -0.3 is 14.6 Å². The maximum absolute atomic E-state index is 12.1. The van der Waals surface area contributed by atoms with E-state index in [0.29, 0.717) is 13.2 Å².